The molecule has 7 heteroatoms. The van der Waals surface area contributed by atoms with E-state index in [0.29, 0.717) is 24.6 Å². The number of amides is 1. The van der Waals surface area contributed by atoms with Crippen molar-refractivity contribution in [1.29, 1.82) is 0 Å². The van der Waals surface area contributed by atoms with Crippen LogP contribution in [0.2, 0.25) is 0 Å². The number of nitrogens with zero attached hydrogens (tertiary/aromatic N) is 3. The van der Waals surface area contributed by atoms with Gasteiger partial charge >= 0.3 is 6.09 Å². The summed E-state index contributed by atoms with van der Waals surface area (Å²) in [6, 6.07) is 26.2. The van der Waals surface area contributed by atoms with Crippen LogP contribution in [0.3, 0.4) is 0 Å². The van der Waals surface area contributed by atoms with E-state index >= 15 is 0 Å². The number of alkyl carbamates (subject to hydrolysis) is 1. The lowest BCUT2D eigenvalue weighted by Gasteiger charge is -2.22. The molecule has 0 radical (unpaired) electrons. The Labute approximate surface area is 222 Å². The van der Waals surface area contributed by atoms with Crippen molar-refractivity contribution in [3.8, 4) is 11.1 Å². The van der Waals surface area contributed by atoms with Gasteiger partial charge in [-0.15, -0.1) is 0 Å². The zero-order chi connectivity index (χ0) is 26.7. The molecule has 194 valence electrons. The number of nitrogens with one attached hydrogen (secondary N) is 1. The number of hydrogen-bond acceptors (Lipinski definition) is 5. The molecular formula is C31H32N4O3. The second-order valence-electron chi connectivity index (χ2n) is 10.5. The van der Waals surface area contributed by atoms with Gasteiger partial charge in [0.1, 0.15) is 11.6 Å². The van der Waals surface area contributed by atoms with Gasteiger partial charge in [-0.05, 0) is 49.1 Å². The normalized spacial score (nSPS) is 12.4. The van der Waals surface area contributed by atoms with Gasteiger partial charge in [0.05, 0.1) is 0 Å². The van der Waals surface area contributed by atoms with Gasteiger partial charge in [0, 0.05) is 37.0 Å². The molecule has 2 heterocycles. The molecule has 0 aliphatic carbocycles. The number of benzene rings is 3. The first-order valence-corrected chi connectivity index (χ1v) is 12.7. The monoisotopic (exact) mass is 508 g/mol. The van der Waals surface area contributed by atoms with Crippen LogP contribution in [0.25, 0.3) is 22.0 Å². The maximum absolute atomic E-state index is 12.7. The summed E-state index contributed by atoms with van der Waals surface area (Å²) < 4.78 is 13.3. The highest BCUT2D eigenvalue weighted by Crippen LogP contribution is 2.26. The summed E-state index contributed by atoms with van der Waals surface area (Å²) in [5.41, 5.74) is 4.96. The smallest absolute Gasteiger partial charge is 0.408 e. The summed E-state index contributed by atoms with van der Waals surface area (Å²) in [7, 11) is 2.01. The van der Waals surface area contributed by atoms with E-state index in [0.717, 1.165) is 27.6 Å². The number of hydrogen-bond donors (Lipinski definition) is 1. The van der Waals surface area contributed by atoms with Gasteiger partial charge in [-0.3, -0.25) is 0 Å². The Morgan fingerprint density at radius 2 is 1.66 bits per heavy atom. The van der Waals surface area contributed by atoms with Gasteiger partial charge in [-0.25, -0.2) is 4.79 Å². The van der Waals surface area contributed by atoms with E-state index in [1.165, 1.54) is 5.56 Å². The molecule has 38 heavy (non-hydrogen) atoms. The molecule has 5 aromatic rings. The number of aryl methyl sites for hydroxylation is 1. The number of carbonyl (C=O) groups excluding carboxylic acids is 1. The number of rotatable bonds is 7. The zero-order valence-electron chi connectivity index (χ0n) is 22.1. The first-order chi connectivity index (χ1) is 18.2. The van der Waals surface area contributed by atoms with Gasteiger partial charge in [0.15, 0.2) is 5.82 Å². The number of fused-ring (bicyclic) bond motifs is 1. The van der Waals surface area contributed by atoms with E-state index in [9.17, 15) is 4.79 Å². The van der Waals surface area contributed by atoms with Crippen LogP contribution in [-0.4, -0.2) is 26.4 Å². The molecule has 2 aromatic heterocycles. The highest BCUT2D eigenvalue weighted by molar-refractivity contribution is 5.84. The van der Waals surface area contributed by atoms with Crippen LogP contribution < -0.4 is 5.32 Å². The van der Waals surface area contributed by atoms with Crippen molar-refractivity contribution in [2.45, 2.75) is 45.3 Å². The molecule has 0 unspecified atom stereocenters. The molecule has 0 aliphatic rings. The molecule has 1 atom stereocenters. The zero-order valence-corrected chi connectivity index (χ0v) is 22.1. The Balaban J connectivity index is 1.37. The van der Waals surface area contributed by atoms with Gasteiger partial charge in [-0.2, -0.15) is 4.98 Å². The van der Waals surface area contributed by atoms with E-state index in [4.69, 9.17) is 9.26 Å². The number of ether oxygens (including phenoxy) is 1. The standard InChI is InChI=1S/C31H32N4O3/c1-31(2,3)37-30(36)32-26(19-24-20-35(4)27-13-9-8-12-25(24)27)29-33-28(34-38-29)18-21-14-16-23(17-15-21)22-10-6-5-7-11-22/h5-17,20,26H,18-19H2,1-4H3,(H,32,36)/t26-/m0/s1. The maximum atomic E-state index is 12.7. The topological polar surface area (TPSA) is 82.2 Å². The average Bonchev–Trinajstić information content (AvgIpc) is 3.48. The van der Waals surface area contributed by atoms with Crippen LogP contribution in [0, 0.1) is 0 Å². The minimum Gasteiger partial charge on any atom is -0.444 e. The third-order valence-electron chi connectivity index (χ3n) is 6.30. The summed E-state index contributed by atoms with van der Waals surface area (Å²) in [5.74, 6) is 0.904. The second kappa shape index (κ2) is 10.5. The molecule has 5 rings (SSSR count). The summed E-state index contributed by atoms with van der Waals surface area (Å²) >= 11 is 0. The van der Waals surface area contributed by atoms with Gasteiger partial charge in [0.25, 0.3) is 0 Å². The summed E-state index contributed by atoms with van der Waals surface area (Å²) in [6.07, 6.45) is 2.54. The van der Waals surface area contributed by atoms with Crippen LogP contribution in [0.15, 0.2) is 89.6 Å². The highest BCUT2D eigenvalue weighted by Gasteiger charge is 2.26. The summed E-state index contributed by atoms with van der Waals surface area (Å²) in [4.78, 5) is 17.4. The van der Waals surface area contributed by atoms with Crippen LogP contribution in [-0.2, 0) is 24.6 Å². The fourth-order valence-corrected chi connectivity index (χ4v) is 4.57. The first kappa shape index (κ1) is 25.3. The largest absolute Gasteiger partial charge is 0.444 e. The van der Waals surface area contributed by atoms with Gasteiger partial charge < -0.3 is 19.1 Å². The Morgan fingerprint density at radius 1 is 0.974 bits per heavy atom. The number of aromatic nitrogens is 3. The van der Waals surface area contributed by atoms with Crippen molar-refractivity contribution in [3.05, 3.63) is 108 Å². The first-order valence-electron chi connectivity index (χ1n) is 12.7. The highest BCUT2D eigenvalue weighted by atomic mass is 16.6. The Morgan fingerprint density at radius 3 is 2.39 bits per heavy atom. The molecule has 0 spiro atoms. The van der Waals surface area contributed by atoms with Crippen molar-refractivity contribution < 1.29 is 14.1 Å². The molecule has 1 amide bonds. The Bertz CT molecular complexity index is 1530. The molecular weight excluding hydrogens is 476 g/mol. The maximum Gasteiger partial charge on any atom is 0.408 e. The molecule has 0 aliphatic heterocycles. The third-order valence-corrected chi connectivity index (χ3v) is 6.30. The van der Waals surface area contributed by atoms with Crippen molar-refractivity contribution in [1.82, 2.24) is 20.0 Å². The molecule has 7 nitrogen and oxygen atoms in total. The average molecular weight is 509 g/mol. The molecule has 0 saturated heterocycles. The summed E-state index contributed by atoms with van der Waals surface area (Å²) in [6.45, 7) is 5.50. The fourth-order valence-electron chi connectivity index (χ4n) is 4.57. The minimum absolute atomic E-state index is 0.347. The van der Waals surface area contributed by atoms with Gasteiger partial charge in [0.2, 0.25) is 5.89 Å². The lowest BCUT2D eigenvalue weighted by atomic mass is 10.0. The number of para-hydroxylation sites is 1. The molecule has 0 fully saturated rings. The Hall–Kier alpha value is -4.39. The van der Waals surface area contributed by atoms with Gasteiger partial charge in [-0.1, -0.05) is 78.0 Å². The van der Waals surface area contributed by atoms with Crippen LogP contribution in [0.1, 0.15) is 49.7 Å². The number of carbonyl (C=O) groups is 1. The van der Waals surface area contributed by atoms with E-state index in [-0.39, 0.29) is 0 Å². The van der Waals surface area contributed by atoms with Crippen LogP contribution in [0.4, 0.5) is 4.79 Å². The SMILES string of the molecule is Cn1cc(C[C@H](NC(=O)OC(C)(C)C)c2nc(Cc3ccc(-c4ccccc4)cc3)no2)c2ccccc21. The predicted octanol–water partition coefficient (Wildman–Crippen LogP) is 6.63. The second-order valence-corrected chi connectivity index (χ2v) is 10.5. The van der Waals surface area contributed by atoms with E-state index in [1.54, 1.807) is 0 Å². The lowest BCUT2D eigenvalue weighted by molar-refractivity contribution is 0.0493. The van der Waals surface area contributed by atoms with Crippen molar-refractivity contribution in [3.63, 3.8) is 0 Å². The van der Waals surface area contributed by atoms with Crippen LogP contribution >= 0.6 is 0 Å². The quantitative estimate of drug-likeness (QED) is 0.267. The third kappa shape index (κ3) is 5.94. The predicted molar refractivity (Wildman–Crippen MR) is 148 cm³/mol. The Kier molecular flexibility index (Phi) is 7.01. The fraction of sp³-hybridized carbons (Fsp3) is 0.258. The van der Waals surface area contributed by atoms with Crippen molar-refractivity contribution in [2.75, 3.05) is 0 Å². The van der Waals surface area contributed by atoms with Crippen molar-refractivity contribution >= 4 is 17.0 Å². The molecule has 3 aromatic carbocycles. The van der Waals surface area contributed by atoms with E-state index < -0.39 is 17.7 Å². The van der Waals surface area contributed by atoms with Crippen LogP contribution in [0.5, 0.6) is 0 Å². The molecule has 0 saturated carbocycles. The van der Waals surface area contributed by atoms with Crippen molar-refractivity contribution in [2.24, 2.45) is 7.05 Å². The minimum atomic E-state index is -0.625. The summed E-state index contributed by atoms with van der Waals surface area (Å²) in [5, 5.41) is 8.28. The molecule has 0 bridgehead atoms. The molecule has 1 N–H and O–H groups in total. The van der Waals surface area contributed by atoms with E-state index in [1.807, 2.05) is 58.2 Å². The lowest BCUT2D eigenvalue weighted by Crippen LogP contribution is -2.36. The van der Waals surface area contributed by atoms with E-state index in [2.05, 4.69) is 74.8 Å².